The molecule has 0 bridgehead atoms. The molecule has 1 fully saturated rings. The molecule has 1 saturated heterocycles. The van der Waals surface area contributed by atoms with Crippen LogP contribution in [0.5, 0.6) is 5.75 Å². The summed E-state index contributed by atoms with van der Waals surface area (Å²) in [6.45, 7) is -0.327. The van der Waals surface area contributed by atoms with E-state index in [0.29, 0.717) is 26.2 Å². The fraction of sp³-hybridized carbons (Fsp3) is 0.350. The molecular weight excluding hydrogens is 434 g/mol. The van der Waals surface area contributed by atoms with Crippen LogP contribution >= 0.6 is 15.9 Å². The van der Waals surface area contributed by atoms with E-state index in [9.17, 15) is 13.6 Å². The number of carbonyl (C=O) groups excluding carboxylic acids is 1. The van der Waals surface area contributed by atoms with Crippen LogP contribution in [0.3, 0.4) is 0 Å². The molecule has 1 aliphatic rings. The Morgan fingerprint density at radius 2 is 1.93 bits per heavy atom. The van der Waals surface area contributed by atoms with E-state index in [4.69, 9.17) is 4.74 Å². The molecule has 3 rings (SSSR count). The van der Waals surface area contributed by atoms with Crippen molar-refractivity contribution < 1.29 is 23.0 Å². The molecule has 8 heteroatoms. The van der Waals surface area contributed by atoms with Crippen molar-refractivity contribution in [2.45, 2.75) is 19.3 Å². The molecule has 0 aromatic heterocycles. The van der Waals surface area contributed by atoms with Crippen LogP contribution in [0.4, 0.5) is 8.78 Å². The summed E-state index contributed by atoms with van der Waals surface area (Å²) in [5.74, 6) is 0.00161. The lowest BCUT2D eigenvalue weighted by Crippen LogP contribution is -2.44. The zero-order chi connectivity index (χ0) is 19.9. The van der Waals surface area contributed by atoms with Crippen molar-refractivity contribution in [2.24, 2.45) is 0 Å². The number of nitrogens with zero attached hydrogens (tertiary/aromatic N) is 1. The fourth-order valence-corrected chi connectivity index (χ4v) is 3.24. The molecule has 0 radical (unpaired) electrons. The van der Waals surface area contributed by atoms with Crippen LogP contribution in [-0.2, 0) is 16.1 Å². The van der Waals surface area contributed by atoms with Gasteiger partial charge in [0.25, 0.3) is 0 Å². The van der Waals surface area contributed by atoms with Crippen LogP contribution < -0.4 is 10.1 Å². The average Bonchev–Trinajstić information content (AvgIpc) is 2.68. The number of carbonyl (C=O) groups is 1. The minimum absolute atomic E-state index is 0.0583. The minimum atomic E-state index is -2.85. The lowest BCUT2D eigenvalue weighted by atomic mass is 10.1. The summed E-state index contributed by atoms with van der Waals surface area (Å²) in [6.07, 6.45) is -0.0583. The maximum Gasteiger partial charge on any atom is 0.387 e. The molecule has 2 aromatic rings. The van der Waals surface area contributed by atoms with Gasteiger partial charge in [-0.1, -0.05) is 40.2 Å². The van der Waals surface area contributed by atoms with E-state index >= 15 is 0 Å². The Bertz CT molecular complexity index is 772. The number of rotatable bonds is 7. The monoisotopic (exact) mass is 454 g/mol. The largest absolute Gasteiger partial charge is 0.435 e. The minimum Gasteiger partial charge on any atom is -0.435 e. The molecule has 1 heterocycles. The molecule has 2 aromatic carbocycles. The average molecular weight is 455 g/mol. The fourth-order valence-electron chi connectivity index (χ4n) is 2.97. The highest BCUT2D eigenvalue weighted by Gasteiger charge is 2.23. The molecule has 0 spiro atoms. The van der Waals surface area contributed by atoms with Crippen LogP contribution in [0.1, 0.15) is 17.2 Å². The number of halogens is 3. The van der Waals surface area contributed by atoms with E-state index in [1.807, 2.05) is 24.3 Å². The van der Waals surface area contributed by atoms with Crippen LogP contribution in [0.15, 0.2) is 53.0 Å². The zero-order valence-corrected chi connectivity index (χ0v) is 16.7. The normalized spacial score (nSPS) is 17.5. The van der Waals surface area contributed by atoms with Gasteiger partial charge in [0.15, 0.2) is 0 Å². The third kappa shape index (κ3) is 6.25. The predicted octanol–water partition coefficient (Wildman–Crippen LogP) is 3.74. The van der Waals surface area contributed by atoms with E-state index < -0.39 is 6.61 Å². The quantitative estimate of drug-likeness (QED) is 0.692. The topological polar surface area (TPSA) is 50.8 Å². The van der Waals surface area contributed by atoms with Gasteiger partial charge in [0, 0.05) is 24.1 Å². The van der Waals surface area contributed by atoms with E-state index in [0.717, 1.165) is 15.6 Å². The number of hydrogen-bond acceptors (Lipinski definition) is 4. The maximum absolute atomic E-state index is 12.3. The first-order valence-corrected chi connectivity index (χ1v) is 9.69. The van der Waals surface area contributed by atoms with Crippen LogP contribution in [0.2, 0.25) is 0 Å². The van der Waals surface area contributed by atoms with Gasteiger partial charge in [0.1, 0.15) is 5.75 Å². The van der Waals surface area contributed by atoms with Crippen LogP contribution in [0, 0.1) is 0 Å². The van der Waals surface area contributed by atoms with Crippen molar-refractivity contribution in [3.8, 4) is 5.75 Å². The van der Waals surface area contributed by atoms with Gasteiger partial charge in [-0.2, -0.15) is 8.78 Å². The van der Waals surface area contributed by atoms with Crippen molar-refractivity contribution in [2.75, 3.05) is 26.2 Å². The molecular formula is C20H21BrF2N2O3. The van der Waals surface area contributed by atoms with Crippen molar-refractivity contribution in [3.63, 3.8) is 0 Å². The van der Waals surface area contributed by atoms with Crippen molar-refractivity contribution in [1.82, 2.24) is 10.2 Å². The van der Waals surface area contributed by atoms with E-state index in [2.05, 4.69) is 30.9 Å². The van der Waals surface area contributed by atoms with E-state index in [1.54, 1.807) is 12.1 Å². The Morgan fingerprint density at radius 3 is 2.61 bits per heavy atom. The Balaban J connectivity index is 1.45. The number of amides is 1. The summed E-state index contributed by atoms with van der Waals surface area (Å²) >= 11 is 3.42. The van der Waals surface area contributed by atoms with E-state index in [1.165, 1.54) is 12.1 Å². The second kappa shape index (κ2) is 9.95. The maximum atomic E-state index is 12.3. The van der Waals surface area contributed by atoms with Gasteiger partial charge < -0.3 is 14.8 Å². The number of ether oxygens (including phenoxy) is 2. The zero-order valence-electron chi connectivity index (χ0n) is 15.1. The number of nitrogens with one attached hydrogen (secondary N) is 1. The first-order chi connectivity index (χ1) is 13.5. The molecule has 1 atom stereocenters. The molecule has 0 aliphatic carbocycles. The van der Waals surface area contributed by atoms with Crippen LogP contribution in [-0.4, -0.2) is 43.7 Å². The number of hydrogen-bond donors (Lipinski definition) is 1. The van der Waals surface area contributed by atoms with Gasteiger partial charge in [-0.25, -0.2) is 0 Å². The van der Waals surface area contributed by atoms with Gasteiger partial charge in [0.2, 0.25) is 5.91 Å². The summed E-state index contributed by atoms with van der Waals surface area (Å²) in [7, 11) is 0. The smallest absolute Gasteiger partial charge is 0.387 e. The lowest BCUT2D eigenvalue weighted by molar-refractivity contribution is -0.124. The third-order valence-corrected chi connectivity index (χ3v) is 4.93. The molecule has 1 unspecified atom stereocenters. The molecule has 150 valence electrons. The number of benzene rings is 2. The highest BCUT2D eigenvalue weighted by molar-refractivity contribution is 9.10. The molecule has 28 heavy (non-hydrogen) atoms. The molecule has 1 amide bonds. The molecule has 1 aliphatic heterocycles. The van der Waals surface area contributed by atoms with Crippen molar-refractivity contribution in [1.29, 1.82) is 0 Å². The Kier molecular flexibility index (Phi) is 7.36. The van der Waals surface area contributed by atoms with Gasteiger partial charge in [0.05, 0.1) is 19.3 Å². The number of morpholine rings is 1. The predicted molar refractivity (Wildman–Crippen MR) is 104 cm³/mol. The second-order valence-corrected chi connectivity index (χ2v) is 7.36. The summed E-state index contributed by atoms with van der Waals surface area (Å²) in [5.41, 5.74) is 1.89. The van der Waals surface area contributed by atoms with Crippen LogP contribution in [0.25, 0.3) is 0 Å². The van der Waals surface area contributed by atoms with Gasteiger partial charge in [-0.15, -0.1) is 0 Å². The summed E-state index contributed by atoms with van der Waals surface area (Å²) < 4.78 is 35.5. The Hall–Kier alpha value is -2.03. The van der Waals surface area contributed by atoms with Gasteiger partial charge >= 0.3 is 6.61 Å². The third-order valence-electron chi connectivity index (χ3n) is 4.40. The number of alkyl halides is 2. The molecule has 1 N–H and O–H groups in total. The SMILES string of the molecule is O=C(CN1CCOC(c2ccc(Br)cc2)C1)NCc1ccc(OC(F)F)cc1. The Labute approximate surface area is 170 Å². The molecule has 5 nitrogen and oxygen atoms in total. The summed E-state index contributed by atoms with van der Waals surface area (Å²) in [5, 5.41) is 2.85. The highest BCUT2D eigenvalue weighted by atomic mass is 79.9. The standard InChI is InChI=1S/C20H21BrF2N2O3/c21-16-5-3-15(4-6-16)18-12-25(9-10-27-18)13-19(26)24-11-14-1-7-17(8-2-14)28-20(22)23/h1-8,18,20H,9-13H2,(H,24,26). The second-order valence-electron chi connectivity index (χ2n) is 6.45. The van der Waals surface area contributed by atoms with Gasteiger partial charge in [-0.3, -0.25) is 9.69 Å². The lowest BCUT2D eigenvalue weighted by Gasteiger charge is -2.32. The summed E-state index contributed by atoms with van der Waals surface area (Å²) in [4.78, 5) is 14.3. The Morgan fingerprint density at radius 1 is 1.21 bits per heavy atom. The van der Waals surface area contributed by atoms with E-state index in [-0.39, 0.29) is 24.3 Å². The molecule has 0 saturated carbocycles. The van der Waals surface area contributed by atoms with Gasteiger partial charge in [-0.05, 0) is 35.4 Å². The first-order valence-electron chi connectivity index (χ1n) is 8.89. The van der Waals surface area contributed by atoms with Crippen molar-refractivity contribution >= 4 is 21.8 Å². The summed E-state index contributed by atoms with van der Waals surface area (Å²) in [6, 6.07) is 14.2. The highest BCUT2D eigenvalue weighted by Crippen LogP contribution is 2.23. The first kappa shape index (κ1) is 20.7. The van der Waals surface area contributed by atoms with Crippen molar-refractivity contribution in [3.05, 3.63) is 64.1 Å².